The van der Waals surface area contributed by atoms with Crippen molar-refractivity contribution in [1.82, 2.24) is 19.7 Å². The van der Waals surface area contributed by atoms with Crippen molar-refractivity contribution in [3.8, 4) is 0 Å². The molecule has 1 aromatic heterocycles. The number of nitrogens with one attached hydrogen (secondary N) is 1. The zero-order valence-electron chi connectivity index (χ0n) is 21.2. The lowest BCUT2D eigenvalue weighted by Gasteiger charge is -2.34. The Balaban J connectivity index is 1.76. The molecule has 0 aliphatic carbocycles. The molecule has 8 heteroatoms. The summed E-state index contributed by atoms with van der Waals surface area (Å²) < 4.78 is 15.3. The zero-order valence-corrected chi connectivity index (χ0v) is 21.2. The number of rotatable bonds is 9. The summed E-state index contributed by atoms with van der Waals surface area (Å²) in [5.41, 5.74) is 0.395. The molecule has 1 aliphatic heterocycles. The van der Waals surface area contributed by atoms with Crippen molar-refractivity contribution in [2.75, 3.05) is 32.7 Å². The van der Waals surface area contributed by atoms with E-state index in [1.807, 2.05) is 19.9 Å². The summed E-state index contributed by atoms with van der Waals surface area (Å²) in [6.07, 6.45) is 4.02. The third-order valence-electron chi connectivity index (χ3n) is 6.14. The maximum Gasteiger partial charge on any atom is 0.259 e. The lowest BCUT2D eigenvalue weighted by Crippen LogP contribution is -2.49. The molecule has 35 heavy (non-hydrogen) atoms. The molecule has 0 unspecified atom stereocenters. The molecule has 7 nitrogen and oxygen atoms in total. The lowest BCUT2D eigenvalue weighted by atomic mass is 10.1. The van der Waals surface area contributed by atoms with E-state index in [0.29, 0.717) is 51.7 Å². The minimum Gasteiger partial charge on any atom is -0.352 e. The lowest BCUT2D eigenvalue weighted by molar-refractivity contribution is 0.0626. The second-order valence-electron chi connectivity index (χ2n) is 10.1. The van der Waals surface area contributed by atoms with Crippen molar-refractivity contribution in [1.29, 1.82) is 0 Å². The van der Waals surface area contributed by atoms with Crippen LogP contribution >= 0.6 is 0 Å². The standard InChI is InChI=1S/C27H37FN4O3/c1-19(2)8-9-31-17-23(26(34)29-15-20(3)4)25(33)24(18-31)27(35)32-12-10-30(11-13-32)16-21-6-5-7-22(28)14-21/h5-7,14,17-20H,8-13,15-16H2,1-4H3,(H,29,34). The summed E-state index contributed by atoms with van der Waals surface area (Å²) in [6, 6.07) is 6.52. The first-order chi connectivity index (χ1) is 16.6. The molecule has 190 valence electrons. The SMILES string of the molecule is CC(C)CCn1cc(C(=O)NCC(C)C)c(=O)c(C(=O)N2CCN(Cc3cccc(F)c3)CC2)c1. The van der Waals surface area contributed by atoms with Crippen LogP contribution in [-0.4, -0.2) is 58.9 Å². The fraction of sp³-hybridized carbons (Fsp3) is 0.519. The molecular weight excluding hydrogens is 447 g/mol. The van der Waals surface area contributed by atoms with Crippen LogP contribution in [-0.2, 0) is 13.1 Å². The van der Waals surface area contributed by atoms with E-state index < -0.39 is 11.3 Å². The van der Waals surface area contributed by atoms with Crippen LogP contribution in [0, 0.1) is 17.7 Å². The molecule has 1 N–H and O–H groups in total. The quantitative estimate of drug-likeness (QED) is 0.592. The van der Waals surface area contributed by atoms with Gasteiger partial charge in [0.1, 0.15) is 16.9 Å². The predicted octanol–water partition coefficient (Wildman–Crippen LogP) is 3.38. The third kappa shape index (κ3) is 7.49. The van der Waals surface area contributed by atoms with E-state index in [1.54, 1.807) is 27.9 Å². The summed E-state index contributed by atoms with van der Waals surface area (Å²) in [7, 11) is 0. The maximum absolute atomic E-state index is 13.5. The highest BCUT2D eigenvalue weighted by molar-refractivity contribution is 5.99. The van der Waals surface area contributed by atoms with Gasteiger partial charge in [0.15, 0.2) is 0 Å². The Kier molecular flexibility index (Phi) is 9.20. The Bertz CT molecular complexity index is 1090. The highest BCUT2D eigenvalue weighted by Gasteiger charge is 2.26. The Morgan fingerprint density at radius 1 is 1.00 bits per heavy atom. The van der Waals surface area contributed by atoms with E-state index in [1.165, 1.54) is 12.1 Å². The number of piperazine rings is 1. The molecule has 1 aromatic carbocycles. The Labute approximate surface area is 206 Å². The number of pyridine rings is 1. The van der Waals surface area contributed by atoms with Crippen LogP contribution in [0.1, 0.15) is 60.4 Å². The molecule has 2 heterocycles. The average molecular weight is 485 g/mol. The van der Waals surface area contributed by atoms with Crippen molar-refractivity contribution in [2.24, 2.45) is 11.8 Å². The minimum absolute atomic E-state index is 0.00463. The molecule has 2 amide bonds. The van der Waals surface area contributed by atoms with Gasteiger partial charge in [-0.25, -0.2) is 4.39 Å². The smallest absolute Gasteiger partial charge is 0.259 e. The predicted molar refractivity (Wildman–Crippen MR) is 135 cm³/mol. The first-order valence-corrected chi connectivity index (χ1v) is 12.4. The molecular formula is C27H37FN4O3. The van der Waals surface area contributed by atoms with E-state index >= 15 is 0 Å². The van der Waals surface area contributed by atoms with E-state index in [0.717, 1.165) is 12.0 Å². The number of hydrogen-bond donors (Lipinski definition) is 1. The van der Waals surface area contributed by atoms with Gasteiger partial charge in [-0.2, -0.15) is 0 Å². The summed E-state index contributed by atoms with van der Waals surface area (Å²) >= 11 is 0. The molecule has 0 bridgehead atoms. The average Bonchev–Trinajstić information content (AvgIpc) is 2.82. The van der Waals surface area contributed by atoms with Gasteiger partial charge < -0.3 is 14.8 Å². The van der Waals surface area contributed by atoms with Crippen LogP contribution in [0.15, 0.2) is 41.5 Å². The van der Waals surface area contributed by atoms with Crippen molar-refractivity contribution >= 4 is 11.8 Å². The number of aromatic nitrogens is 1. The monoisotopic (exact) mass is 484 g/mol. The van der Waals surface area contributed by atoms with Crippen molar-refractivity contribution in [3.05, 3.63) is 69.4 Å². The number of hydrogen-bond acceptors (Lipinski definition) is 4. The summed E-state index contributed by atoms with van der Waals surface area (Å²) in [6.45, 7) is 12.0. The van der Waals surface area contributed by atoms with Gasteiger partial charge in [-0.05, 0) is 36.0 Å². The van der Waals surface area contributed by atoms with E-state index in [4.69, 9.17) is 0 Å². The topological polar surface area (TPSA) is 74.6 Å². The number of carbonyl (C=O) groups excluding carboxylic acids is 2. The van der Waals surface area contributed by atoms with Gasteiger partial charge in [0.05, 0.1) is 0 Å². The highest BCUT2D eigenvalue weighted by atomic mass is 19.1. The number of nitrogens with zero attached hydrogens (tertiary/aromatic N) is 3. The first kappa shape index (κ1) is 26.6. The van der Waals surface area contributed by atoms with Crippen molar-refractivity contribution in [3.63, 3.8) is 0 Å². The van der Waals surface area contributed by atoms with Gasteiger partial charge in [-0.1, -0.05) is 39.8 Å². The summed E-state index contributed by atoms with van der Waals surface area (Å²) in [4.78, 5) is 43.2. The molecule has 0 radical (unpaired) electrons. The van der Waals surface area contributed by atoms with Gasteiger partial charge in [0.2, 0.25) is 5.43 Å². The van der Waals surface area contributed by atoms with Crippen molar-refractivity contribution in [2.45, 2.75) is 47.2 Å². The molecule has 0 spiro atoms. The highest BCUT2D eigenvalue weighted by Crippen LogP contribution is 2.13. The largest absolute Gasteiger partial charge is 0.352 e. The van der Waals surface area contributed by atoms with Gasteiger partial charge in [-0.15, -0.1) is 0 Å². The fourth-order valence-corrected chi connectivity index (χ4v) is 4.05. The molecule has 2 aromatic rings. The Hall–Kier alpha value is -3.00. The third-order valence-corrected chi connectivity index (χ3v) is 6.14. The minimum atomic E-state index is -0.528. The normalized spacial score (nSPS) is 14.5. The Morgan fingerprint density at radius 2 is 1.69 bits per heavy atom. The van der Waals surface area contributed by atoms with Crippen LogP contribution in [0.4, 0.5) is 4.39 Å². The molecule has 0 atom stereocenters. The van der Waals surface area contributed by atoms with Crippen LogP contribution in [0.3, 0.4) is 0 Å². The second-order valence-corrected chi connectivity index (χ2v) is 10.1. The second kappa shape index (κ2) is 12.1. The number of amides is 2. The van der Waals surface area contributed by atoms with Gasteiger partial charge in [0.25, 0.3) is 11.8 Å². The molecule has 1 fully saturated rings. The number of benzene rings is 1. The van der Waals surface area contributed by atoms with E-state index in [2.05, 4.69) is 24.1 Å². The maximum atomic E-state index is 13.5. The molecule has 3 rings (SSSR count). The van der Waals surface area contributed by atoms with Crippen molar-refractivity contribution < 1.29 is 14.0 Å². The number of carbonyl (C=O) groups is 2. The van der Waals surface area contributed by atoms with Gasteiger partial charge >= 0.3 is 0 Å². The zero-order chi connectivity index (χ0) is 25.5. The Morgan fingerprint density at radius 3 is 2.31 bits per heavy atom. The molecule has 1 saturated heterocycles. The molecule has 1 aliphatic rings. The number of halogens is 1. The summed E-state index contributed by atoms with van der Waals surface area (Å²) in [5.74, 6) is -0.371. The van der Waals surface area contributed by atoms with E-state index in [-0.39, 0.29) is 28.8 Å². The van der Waals surface area contributed by atoms with Gasteiger partial charge in [-0.3, -0.25) is 19.3 Å². The van der Waals surface area contributed by atoms with Crippen LogP contribution in [0.25, 0.3) is 0 Å². The van der Waals surface area contributed by atoms with Gasteiger partial charge in [0, 0.05) is 58.2 Å². The van der Waals surface area contributed by atoms with Crippen LogP contribution < -0.4 is 10.7 Å². The fourth-order valence-electron chi connectivity index (χ4n) is 4.05. The van der Waals surface area contributed by atoms with Crippen LogP contribution in [0.5, 0.6) is 0 Å². The first-order valence-electron chi connectivity index (χ1n) is 12.4. The number of aryl methyl sites for hydroxylation is 1. The van der Waals surface area contributed by atoms with Crippen LogP contribution in [0.2, 0.25) is 0 Å². The molecule has 0 saturated carbocycles. The van der Waals surface area contributed by atoms with E-state index in [9.17, 15) is 18.8 Å². The summed E-state index contributed by atoms with van der Waals surface area (Å²) in [5, 5.41) is 2.80.